The van der Waals surface area contributed by atoms with Crippen LogP contribution in [0.2, 0.25) is 0 Å². The second kappa shape index (κ2) is 4.96. The van der Waals surface area contributed by atoms with Crippen LogP contribution in [0.3, 0.4) is 0 Å². The van der Waals surface area contributed by atoms with Crippen molar-refractivity contribution in [1.29, 1.82) is 0 Å². The maximum atomic E-state index is 10.4. The van der Waals surface area contributed by atoms with Gasteiger partial charge in [-0.1, -0.05) is 0 Å². The van der Waals surface area contributed by atoms with Gasteiger partial charge < -0.3 is 0 Å². The Morgan fingerprint density at radius 2 is 2.08 bits per heavy atom. The number of hydrogen-bond donors (Lipinski definition) is 3. The number of aliphatic hydroxyl groups is 1. The van der Waals surface area contributed by atoms with Crippen molar-refractivity contribution in [2.45, 2.75) is 6.10 Å². The predicted molar refractivity (Wildman–Crippen MR) is 38.6 cm³/mol. The normalized spacial score (nSPS) is 14.0. The molecule has 2 atom stereocenters. The van der Waals surface area contributed by atoms with E-state index in [-0.39, 0.29) is 0 Å². The molecule has 0 aliphatic rings. The number of aliphatic hydroxyl groups excluding tert-OH is 1. The fraction of sp³-hybridized carbons (Fsp3) is 0.667. The van der Waals surface area contributed by atoms with E-state index >= 15 is 0 Å². The summed E-state index contributed by atoms with van der Waals surface area (Å²) in [6.45, 7) is -0.785. The Hall–Kier alpha value is 0.0984. The molecule has 2 unspecified atom stereocenters. The number of phosphoric ester groups is 1. The molecule has 7 nitrogen and oxygen atoms in total. The average molecular weight is 262 g/mol. The fourth-order valence-corrected chi connectivity index (χ4v) is 0.979. The van der Waals surface area contributed by atoms with Gasteiger partial charge in [0.25, 0.3) is 0 Å². The van der Waals surface area contributed by atoms with Crippen molar-refractivity contribution in [3.05, 3.63) is 0 Å². The van der Waals surface area contributed by atoms with E-state index in [0.717, 1.165) is 0 Å². The van der Waals surface area contributed by atoms with Crippen LogP contribution in [-0.2, 0) is 17.6 Å². The average Bonchev–Trinajstić information content (AvgIpc) is 1.97. The Kier molecular flexibility index (Phi) is 5.01. The van der Waals surface area contributed by atoms with Gasteiger partial charge in [0.05, 0.1) is 0 Å². The minimum atomic E-state index is -4.63. The van der Waals surface area contributed by atoms with Crippen LogP contribution < -0.4 is 0 Å². The Balaban J connectivity index is 3.79. The van der Waals surface area contributed by atoms with Crippen molar-refractivity contribution in [3.8, 4) is 0 Å². The summed E-state index contributed by atoms with van der Waals surface area (Å²) in [5.74, 6) is -0.983. The third-order valence-electron chi connectivity index (χ3n) is 0.789. The van der Waals surface area contributed by atoms with Gasteiger partial charge in [-0.15, -0.1) is 0 Å². The zero-order valence-electron chi connectivity index (χ0n) is 5.78. The van der Waals surface area contributed by atoms with Gasteiger partial charge in [0.1, 0.15) is 0 Å². The van der Waals surface area contributed by atoms with Gasteiger partial charge in [-0.05, 0) is 0 Å². The molecule has 9 heteroatoms. The van der Waals surface area contributed by atoms with E-state index < -0.39 is 26.5 Å². The molecule has 0 aromatic carbocycles. The molecule has 0 amide bonds. The standard InChI is InChI=1S/C3H8AsO7P/c4-11-3(6)2(5)1-10-12(7,8)9/h2,5H,1,4H2,(H2,7,8,9). The Labute approximate surface area is 76.8 Å². The van der Waals surface area contributed by atoms with Gasteiger partial charge in [0, 0.05) is 0 Å². The van der Waals surface area contributed by atoms with Crippen LogP contribution in [0.25, 0.3) is 0 Å². The van der Waals surface area contributed by atoms with Gasteiger partial charge in [-0.3, -0.25) is 0 Å². The molecule has 0 spiro atoms. The molecule has 0 saturated carbocycles. The molecule has 72 valence electrons. The Morgan fingerprint density at radius 3 is 2.42 bits per heavy atom. The molecule has 0 aromatic rings. The Bertz CT molecular complexity index is 199. The van der Waals surface area contributed by atoms with Gasteiger partial charge in [0.2, 0.25) is 0 Å². The first-order chi connectivity index (χ1) is 5.37. The van der Waals surface area contributed by atoms with E-state index in [9.17, 15) is 9.36 Å². The van der Waals surface area contributed by atoms with Gasteiger partial charge in [-0.25, -0.2) is 0 Å². The molecule has 0 fully saturated rings. The third kappa shape index (κ3) is 5.71. The first kappa shape index (κ1) is 12.1. The van der Waals surface area contributed by atoms with Crippen LogP contribution in [-0.4, -0.2) is 50.8 Å². The molecular formula is C3H8AsO7P. The van der Waals surface area contributed by atoms with Crippen molar-refractivity contribution in [2.75, 3.05) is 6.61 Å². The predicted octanol–water partition coefficient (Wildman–Crippen LogP) is -2.45. The molecule has 3 N–H and O–H groups in total. The monoisotopic (exact) mass is 262 g/mol. The molecule has 0 bridgehead atoms. The fourth-order valence-electron chi connectivity index (χ4n) is 0.314. The summed E-state index contributed by atoms with van der Waals surface area (Å²) in [5.41, 5.74) is 0. The van der Waals surface area contributed by atoms with E-state index in [0.29, 0.717) is 17.2 Å². The Morgan fingerprint density at radius 1 is 1.58 bits per heavy atom. The van der Waals surface area contributed by atoms with Gasteiger partial charge in [0.15, 0.2) is 0 Å². The van der Waals surface area contributed by atoms with E-state index in [1.165, 1.54) is 0 Å². The van der Waals surface area contributed by atoms with Gasteiger partial charge in [-0.2, -0.15) is 0 Å². The quantitative estimate of drug-likeness (QED) is 0.380. The molecule has 0 radical (unpaired) electrons. The summed E-state index contributed by atoms with van der Waals surface area (Å²) in [7, 11) is -4.63. The number of rotatable bonds is 4. The molecule has 0 saturated heterocycles. The summed E-state index contributed by atoms with van der Waals surface area (Å²) >= 11 is 0.615. The number of carbonyl (C=O) groups is 1. The number of carbonyl (C=O) groups excluding carboxylic acids is 1. The first-order valence-corrected chi connectivity index (χ1v) is 5.17. The van der Waals surface area contributed by atoms with Crippen molar-refractivity contribution in [1.82, 2.24) is 0 Å². The maximum absolute atomic E-state index is 10.4. The van der Waals surface area contributed by atoms with Crippen LogP contribution in [0.5, 0.6) is 0 Å². The van der Waals surface area contributed by atoms with Crippen LogP contribution in [0.1, 0.15) is 0 Å². The molecule has 0 aliphatic heterocycles. The van der Waals surface area contributed by atoms with Crippen LogP contribution >= 0.6 is 7.82 Å². The second-order valence-corrected chi connectivity index (χ2v) is 3.47. The van der Waals surface area contributed by atoms with Crippen LogP contribution in [0.15, 0.2) is 0 Å². The number of phosphoric acid groups is 1. The molecule has 0 heterocycles. The molecule has 0 rings (SSSR count). The molecular weight excluding hydrogens is 254 g/mol. The van der Waals surface area contributed by atoms with Gasteiger partial charge >= 0.3 is 76.2 Å². The third-order valence-corrected chi connectivity index (χ3v) is 1.76. The van der Waals surface area contributed by atoms with Crippen molar-refractivity contribution >= 4 is 31.0 Å². The SMILES string of the molecule is O=C(O[AsH2])C(O)COP(=O)(O)O. The van der Waals surface area contributed by atoms with E-state index in [1.807, 2.05) is 0 Å². The second-order valence-electron chi connectivity index (χ2n) is 1.74. The summed E-state index contributed by atoms with van der Waals surface area (Å²) in [5, 5.41) is 8.75. The van der Waals surface area contributed by atoms with E-state index in [2.05, 4.69) is 8.25 Å². The minimum absolute atomic E-state index is 0.615. The van der Waals surface area contributed by atoms with Crippen molar-refractivity contribution in [2.24, 2.45) is 0 Å². The summed E-state index contributed by atoms with van der Waals surface area (Å²) < 4.78 is 18.0. The molecule has 0 aromatic heterocycles. The summed E-state index contributed by atoms with van der Waals surface area (Å²) in [6, 6.07) is 0. The summed E-state index contributed by atoms with van der Waals surface area (Å²) in [6.07, 6.45) is -1.66. The zero-order chi connectivity index (χ0) is 9.78. The topological polar surface area (TPSA) is 113 Å². The molecule has 0 aliphatic carbocycles. The number of hydrogen-bond acceptors (Lipinski definition) is 5. The molecule has 12 heavy (non-hydrogen) atoms. The summed E-state index contributed by atoms with van der Waals surface area (Å²) in [4.78, 5) is 26.7. The van der Waals surface area contributed by atoms with Crippen molar-refractivity contribution < 1.29 is 32.5 Å². The van der Waals surface area contributed by atoms with Crippen LogP contribution in [0, 0.1) is 0 Å². The van der Waals surface area contributed by atoms with Crippen molar-refractivity contribution in [3.63, 3.8) is 0 Å². The van der Waals surface area contributed by atoms with E-state index in [1.54, 1.807) is 0 Å². The van der Waals surface area contributed by atoms with Crippen LogP contribution in [0.4, 0.5) is 0 Å². The van der Waals surface area contributed by atoms with E-state index in [4.69, 9.17) is 14.9 Å². The first-order valence-electron chi connectivity index (χ1n) is 2.65. The zero-order valence-corrected chi connectivity index (χ0v) is 9.10.